The number of carbonyl (C=O) groups excluding carboxylic acids is 2. The minimum absolute atomic E-state index is 0.169. The number of allylic oxidation sites excluding steroid dienone is 2. The number of rotatable bonds is 4. The molecule has 0 aliphatic heterocycles. The molecule has 0 saturated carbocycles. The molecule has 0 unspecified atom stereocenters. The first-order valence-electron chi connectivity index (χ1n) is 4.19. The van der Waals surface area contributed by atoms with Crippen LogP contribution in [0, 0.1) is 5.41 Å². The lowest BCUT2D eigenvalue weighted by molar-refractivity contribution is -0.156. The highest BCUT2D eigenvalue weighted by Crippen LogP contribution is 2.24. The summed E-state index contributed by atoms with van der Waals surface area (Å²) < 4.78 is 4.58. The van der Waals surface area contributed by atoms with Crippen molar-refractivity contribution in [1.29, 1.82) is 0 Å². The van der Waals surface area contributed by atoms with Gasteiger partial charge < -0.3 is 4.74 Å². The molecule has 1 atom stereocenters. The Morgan fingerprint density at radius 1 is 1.46 bits per heavy atom. The standard InChI is InChI=1S/C10H16O3/c1-5-6-7-10(3,8(2)11)9(12)13-4/h5-6H,7H2,1-4H3/b6-5+/t10-/m1/s1. The van der Waals surface area contributed by atoms with E-state index in [4.69, 9.17) is 0 Å². The second kappa shape index (κ2) is 4.80. The third-order valence-electron chi connectivity index (χ3n) is 2.17. The SMILES string of the molecule is C/C=C/C[C@](C)(C(C)=O)C(=O)OC. The van der Waals surface area contributed by atoms with Gasteiger partial charge in [0.2, 0.25) is 0 Å². The first kappa shape index (κ1) is 11.9. The zero-order valence-electron chi connectivity index (χ0n) is 8.59. The first-order valence-corrected chi connectivity index (χ1v) is 4.19. The normalized spacial score (nSPS) is 15.4. The largest absolute Gasteiger partial charge is 0.468 e. The van der Waals surface area contributed by atoms with Crippen LogP contribution in [0.5, 0.6) is 0 Å². The van der Waals surface area contributed by atoms with E-state index in [1.54, 1.807) is 13.0 Å². The average molecular weight is 184 g/mol. The van der Waals surface area contributed by atoms with Gasteiger partial charge in [-0.25, -0.2) is 0 Å². The topological polar surface area (TPSA) is 43.4 Å². The molecule has 0 aliphatic rings. The summed E-state index contributed by atoms with van der Waals surface area (Å²) in [5.74, 6) is -0.643. The van der Waals surface area contributed by atoms with Crippen molar-refractivity contribution in [2.75, 3.05) is 7.11 Å². The molecule has 0 saturated heterocycles. The van der Waals surface area contributed by atoms with Crippen LogP contribution in [0.2, 0.25) is 0 Å². The van der Waals surface area contributed by atoms with E-state index < -0.39 is 11.4 Å². The molecular weight excluding hydrogens is 168 g/mol. The minimum atomic E-state index is -1.03. The molecule has 0 bridgehead atoms. The second-order valence-electron chi connectivity index (χ2n) is 3.15. The molecule has 0 heterocycles. The number of Topliss-reactive ketones (excluding diaryl/α,β-unsaturated/α-hetero) is 1. The summed E-state index contributed by atoms with van der Waals surface area (Å²) in [6, 6.07) is 0. The molecule has 0 radical (unpaired) electrons. The Bertz CT molecular complexity index is 230. The molecule has 0 spiro atoms. The molecule has 0 aromatic carbocycles. The van der Waals surface area contributed by atoms with Crippen LogP contribution < -0.4 is 0 Å². The van der Waals surface area contributed by atoms with Gasteiger partial charge in [0.05, 0.1) is 7.11 Å². The number of methoxy groups -OCH3 is 1. The van der Waals surface area contributed by atoms with Gasteiger partial charge >= 0.3 is 5.97 Å². The molecule has 3 nitrogen and oxygen atoms in total. The van der Waals surface area contributed by atoms with Crippen LogP contribution in [-0.2, 0) is 14.3 Å². The maximum absolute atomic E-state index is 11.3. The van der Waals surface area contributed by atoms with Crippen LogP contribution in [0.15, 0.2) is 12.2 Å². The van der Waals surface area contributed by atoms with Crippen LogP contribution in [0.4, 0.5) is 0 Å². The molecule has 74 valence electrons. The van der Waals surface area contributed by atoms with Gasteiger partial charge in [-0.2, -0.15) is 0 Å². The molecule has 13 heavy (non-hydrogen) atoms. The molecule has 0 aromatic heterocycles. The molecule has 0 fully saturated rings. The van der Waals surface area contributed by atoms with Crippen molar-refractivity contribution in [3.8, 4) is 0 Å². The van der Waals surface area contributed by atoms with E-state index in [2.05, 4.69) is 4.74 Å². The smallest absolute Gasteiger partial charge is 0.319 e. The number of ether oxygens (including phenoxy) is 1. The summed E-state index contributed by atoms with van der Waals surface area (Å²) in [4.78, 5) is 22.5. The lowest BCUT2D eigenvalue weighted by Gasteiger charge is -2.21. The van der Waals surface area contributed by atoms with Crippen molar-refractivity contribution in [1.82, 2.24) is 0 Å². The van der Waals surface area contributed by atoms with Gasteiger partial charge in [-0.1, -0.05) is 12.2 Å². The third-order valence-corrected chi connectivity index (χ3v) is 2.17. The lowest BCUT2D eigenvalue weighted by Crippen LogP contribution is -2.35. The molecule has 0 N–H and O–H groups in total. The number of ketones is 1. The fraction of sp³-hybridized carbons (Fsp3) is 0.600. The van der Waals surface area contributed by atoms with Gasteiger partial charge in [0.15, 0.2) is 0 Å². The van der Waals surface area contributed by atoms with E-state index in [0.717, 1.165) is 0 Å². The Balaban J connectivity index is 4.72. The molecule has 0 aliphatic carbocycles. The van der Waals surface area contributed by atoms with E-state index >= 15 is 0 Å². The highest BCUT2D eigenvalue weighted by Gasteiger charge is 2.38. The van der Waals surface area contributed by atoms with E-state index in [-0.39, 0.29) is 5.78 Å². The quantitative estimate of drug-likeness (QED) is 0.379. The highest BCUT2D eigenvalue weighted by atomic mass is 16.5. The Hall–Kier alpha value is -1.12. The summed E-state index contributed by atoms with van der Waals surface area (Å²) in [5, 5.41) is 0. The van der Waals surface area contributed by atoms with Gasteiger partial charge in [0.1, 0.15) is 11.2 Å². The van der Waals surface area contributed by atoms with Crippen LogP contribution in [-0.4, -0.2) is 18.9 Å². The third kappa shape index (κ3) is 2.68. The zero-order chi connectivity index (χ0) is 10.5. The Morgan fingerprint density at radius 3 is 2.31 bits per heavy atom. The summed E-state index contributed by atoms with van der Waals surface area (Å²) in [7, 11) is 1.29. The first-order chi connectivity index (χ1) is 5.99. The van der Waals surface area contributed by atoms with Gasteiger partial charge in [-0.3, -0.25) is 9.59 Å². The van der Waals surface area contributed by atoms with Crippen molar-refractivity contribution in [2.45, 2.75) is 27.2 Å². The van der Waals surface area contributed by atoms with Crippen LogP contribution >= 0.6 is 0 Å². The van der Waals surface area contributed by atoms with Crippen molar-refractivity contribution >= 4 is 11.8 Å². The summed E-state index contributed by atoms with van der Waals surface area (Å²) in [6.07, 6.45) is 3.99. The Kier molecular flexibility index (Phi) is 4.38. The summed E-state index contributed by atoms with van der Waals surface area (Å²) in [5.41, 5.74) is -1.03. The maximum Gasteiger partial charge on any atom is 0.319 e. The minimum Gasteiger partial charge on any atom is -0.468 e. The number of hydrogen-bond donors (Lipinski definition) is 0. The van der Waals surface area contributed by atoms with Gasteiger partial charge in [0.25, 0.3) is 0 Å². The van der Waals surface area contributed by atoms with Crippen molar-refractivity contribution < 1.29 is 14.3 Å². The second-order valence-corrected chi connectivity index (χ2v) is 3.15. The molecule has 0 amide bonds. The maximum atomic E-state index is 11.3. The van der Waals surface area contributed by atoms with E-state index in [9.17, 15) is 9.59 Å². The van der Waals surface area contributed by atoms with Crippen LogP contribution in [0.25, 0.3) is 0 Å². The Morgan fingerprint density at radius 2 is 2.00 bits per heavy atom. The van der Waals surface area contributed by atoms with E-state index in [1.807, 2.05) is 13.0 Å². The fourth-order valence-corrected chi connectivity index (χ4v) is 0.950. The fourth-order valence-electron chi connectivity index (χ4n) is 0.950. The summed E-state index contributed by atoms with van der Waals surface area (Å²) in [6.45, 7) is 4.85. The zero-order valence-corrected chi connectivity index (χ0v) is 8.59. The monoisotopic (exact) mass is 184 g/mol. The van der Waals surface area contributed by atoms with Crippen LogP contribution in [0.1, 0.15) is 27.2 Å². The number of esters is 1. The Labute approximate surface area is 78.8 Å². The number of carbonyl (C=O) groups is 2. The lowest BCUT2D eigenvalue weighted by atomic mass is 9.83. The average Bonchev–Trinajstić information content (AvgIpc) is 2.12. The predicted molar refractivity (Wildman–Crippen MR) is 50.2 cm³/mol. The highest BCUT2D eigenvalue weighted by molar-refractivity contribution is 6.02. The van der Waals surface area contributed by atoms with E-state index in [1.165, 1.54) is 14.0 Å². The predicted octanol–water partition coefficient (Wildman–Crippen LogP) is 1.72. The van der Waals surface area contributed by atoms with Gasteiger partial charge in [-0.15, -0.1) is 0 Å². The molecule has 0 rings (SSSR count). The molecule has 3 heteroatoms. The molecular formula is C10H16O3. The number of hydrogen-bond acceptors (Lipinski definition) is 3. The van der Waals surface area contributed by atoms with Crippen LogP contribution in [0.3, 0.4) is 0 Å². The van der Waals surface area contributed by atoms with E-state index in [0.29, 0.717) is 6.42 Å². The van der Waals surface area contributed by atoms with Gasteiger partial charge in [0, 0.05) is 0 Å². The van der Waals surface area contributed by atoms with Gasteiger partial charge in [-0.05, 0) is 27.2 Å². The molecule has 0 aromatic rings. The van der Waals surface area contributed by atoms with Crippen molar-refractivity contribution in [3.05, 3.63) is 12.2 Å². The van der Waals surface area contributed by atoms with Crippen molar-refractivity contribution in [3.63, 3.8) is 0 Å². The summed E-state index contributed by atoms with van der Waals surface area (Å²) >= 11 is 0. The van der Waals surface area contributed by atoms with Crippen molar-refractivity contribution in [2.24, 2.45) is 5.41 Å².